The van der Waals surface area contributed by atoms with Crippen molar-refractivity contribution >= 4 is 51.8 Å². The fourth-order valence-electron chi connectivity index (χ4n) is 7.80. The number of methoxy groups -OCH3 is 1. The predicted octanol–water partition coefficient (Wildman–Crippen LogP) is 5.50. The van der Waals surface area contributed by atoms with Crippen molar-refractivity contribution in [2.24, 2.45) is 14.1 Å². The monoisotopic (exact) mass is 763 g/mol. The lowest BCUT2D eigenvalue weighted by Gasteiger charge is -2.28. The maximum atomic E-state index is 13.9. The average molecular weight is 765 g/mol. The Balaban J connectivity index is 1.15. The number of carbonyl (C=O) groups excluding carboxylic acids is 1. The minimum Gasteiger partial charge on any atom is -0.481 e. The third-order valence-electron chi connectivity index (χ3n) is 10.4. The average Bonchev–Trinajstić information content (AvgIpc) is 3.87. The number of amides is 2. The normalized spacial score (nSPS) is 19.6. The number of fused-ring (bicyclic) bond motifs is 2. The molecule has 2 saturated heterocycles. The largest absolute Gasteiger partial charge is 0.481 e. The van der Waals surface area contributed by atoms with Gasteiger partial charge in [-0.25, -0.2) is 33.3 Å². The van der Waals surface area contributed by atoms with Crippen LogP contribution in [0, 0.1) is 0 Å². The molecule has 53 heavy (non-hydrogen) atoms. The zero-order chi connectivity index (χ0) is 37.3. The van der Waals surface area contributed by atoms with Crippen LogP contribution in [0.1, 0.15) is 42.3 Å². The lowest BCUT2D eigenvalue weighted by Crippen LogP contribution is -2.46. The molecule has 2 fully saturated rings. The highest BCUT2D eigenvalue weighted by Gasteiger charge is 2.47. The number of aromatic nitrogens is 5. The first-order valence-electron chi connectivity index (χ1n) is 16.9. The Kier molecular flexibility index (Phi) is 8.62. The number of aryl methyl sites for hydroxylation is 2. The minimum absolute atomic E-state index is 0.100. The topological polar surface area (TPSA) is 148 Å². The number of urea groups is 1. The molecule has 13 nitrogen and oxygen atoms in total. The number of halogens is 4. The summed E-state index contributed by atoms with van der Waals surface area (Å²) in [4.78, 5) is 52.8. The van der Waals surface area contributed by atoms with Crippen molar-refractivity contribution in [1.82, 2.24) is 39.6 Å². The van der Waals surface area contributed by atoms with E-state index in [2.05, 4.69) is 30.8 Å². The minimum atomic E-state index is -3.08. The second-order valence-electron chi connectivity index (χ2n) is 13.5. The third kappa shape index (κ3) is 5.77. The molecule has 274 valence electrons. The molecule has 2 aromatic carbocycles. The predicted molar refractivity (Wildman–Crippen MR) is 196 cm³/mol. The van der Waals surface area contributed by atoms with Crippen LogP contribution in [0.5, 0.6) is 5.88 Å². The molecule has 0 radical (unpaired) electrons. The molecule has 17 heteroatoms. The summed E-state index contributed by atoms with van der Waals surface area (Å²) >= 11 is 14.1. The molecule has 0 saturated carbocycles. The van der Waals surface area contributed by atoms with Gasteiger partial charge in [-0.3, -0.25) is 18.8 Å². The number of alkyl halides is 2. The van der Waals surface area contributed by atoms with Crippen LogP contribution in [0.15, 0.2) is 52.1 Å². The van der Waals surface area contributed by atoms with Gasteiger partial charge in [0, 0.05) is 62.0 Å². The standard InChI is InChI=1S/C36H33Cl2F2N9O4/c1-47-31-25(33(50)48(2)35(47)52)29(44-30(45-31)28(39)40)42-21-9-5-7-19(27(21)38)18-6-4-8-20(26(18)37)22-14-17-10-11-23(24(17)32(43-22)53-3)49-13-12-36(16-49)15-41-34(51)46-36/h4-9,14,23,28H,10-13,15-16H2,1-3H3,(H2,41,46,51)(H,42,44,45). The number of ether oxygens (including phenoxy) is 1. The Morgan fingerprint density at radius 3 is 2.45 bits per heavy atom. The molecule has 5 aromatic rings. The first-order chi connectivity index (χ1) is 25.4. The molecule has 1 spiro atoms. The molecule has 3 N–H and O–H groups in total. The number of nitrogens with one attached hydrogen (secondary N) is 3. The van der Waals surface area contributed by atoms with Gasteiger partial charge >= 0.3 is 11.7 Å². The number of anilines is 2. The van der Waals surface area contributed by atoms with Gasteiger partial charge in [-0.1, -0.05) is 53.5 Å². The summed E-state index contributed by atoms with van der Waals surface area (Å²) in [5.74, 6) is -0.579. The van der Waals surface area contributed by atoms with Gasteiger partial charge < -0.3 is 20.7 Å². The van der Waals surface area contributed by atoms with Crippen LogP contribution in [0.2, 0.25) is 10.0 Å². The lowest BCUT2D eigenvalue weighted by atomic mass is 9.99. The molecular weight excluding hydrogens is 731 g/mol. The highest BCUT2D eigenvalue weighted by atomic mass is 35.5. The van der Waals surface area contributed by atoms with Crippen molar-refractivity contribution in [3.8, 4) is 28.3 Å². The molecule has 0 bridgehead atoms. The molecule has 3 aliphatic rings. The van der Waals surface area contributed by atoms with Gasteiger partial charge in [-0.05, 0) is 37.0 Å². The maximum Gasteiger partial charge on any atom is 0.332 e. The summed E-state index contributed by atoms with van der Waals surface area (Å²) in [6, 6.07) is 12.6. The van der Waals surface area contributed by atoms with Gasteiger partial charge in [0.05, 0.1) is 34.1 Å². The molecular formula is C36H33Cl2F2N9O4. The summed E-state index contributed by atoms with van der Waals surface area (Å²) in [7, 11) is 4.21. The molecule has 5 heterocycles. The van der Waals surface area contributed by atoms with Crippen LogP contribution in [-0.2, 0) is 20.5 Å². The number of hydrogen-bond acceptors (Lipinski definition) is 9. The SMILES string of the molecule is COc1nc(-c2cccc(-c3cccc(Nc4nc(C(F)F)nc5c4c(=O)n(C)c(=O)n5C)c3Cl)c2Cl)cc2c1C(N1CCC3(CNC(=O)N3)C1)CC2. The first kappa shape index (κ1) is 34.9. The molecule has 1 aliphatic carbocycles. The van der Waals surface area contributed by atoms with E-state index in [1.54, 1.807) is 31.4 Å². The second-order valence-corrected chi connectivity index (χ2v) is 14.3. The lowest BCUT2D eigenvalue weighted by molar-refractivity contribution is 0.141. The number of nitrogens with zero attached hydrogens (tertiary/aromatic N) is 6. The van der Waals surface area contributed by atoms with Gasteiger partial charge in [0.1, 0.15) is 11.2 Å². The number of pyridine rings is 1. The van der Waals surface area contributed by atoms with E-state index >= 15 is 0 Å². The summed E-state index contributed by atoms with van der Waals surface area (Å²) in [5.41, 5.74) is 2.76. The Hall–Kier alpha value is -5.12. The van der Waals surface area contributed by atoms with E-state index in [1.165, 1.54) is 14.1 Å². The van der Waals surface area contributed by atoms with Crippen LogP contribution in [0.4, 0.5) is 25.1 Å². The number of rotatable bonds is 7. The summed E-state index contributed by atoms with van der Waals surface area (Å²) in [6.45, 7) is 2.18. The van der Waals surface area contributed by atoms with E-state index in [1.807, 2.05) is 18.2 Å². The Morgan fingerprint density at radius 2 is 1.74 bits per heavy atom. The van der Waals surface area contributed by atoms with E-state index in [0.29, 0.717) is 39.8 Å². The fourth-order valence-corrected chi connectivity index (χ4v) is 8.40. The smallest absolute Gasteiger partial charge is 0.332 e. The van der Waals surface area contributed by atoms with Crippen LogP contribution in [0.25, 0.3) is 33.4 Å². The van der Waals surface area contributed by atoms with Gasteiger partial charge in [0.15, 0.2) is 11.5 Å². The molecule has 2 atom stereocenters. The Labute approximate surface area is 310 Å². The number of benzene rings is 2. The molecule has 3 aromatic heterocycles. The number of carbonyl (C=O) groups is 1. The quantitative estimate of drug-likeness (QED) is 0.196. The van der Waals surface area contributed by atoms with E-state index < -0.39 is 23.5 Å². The van der Waals surface area contributed by atoms with E-state index in [-0.39, 0.29) is 45.2 Å². The summed E-state index contributed by atoms with van der Waals surface area (Å²) in [5, 5.41) is 9.34. The number of hydrogen-bond donors (Lipinski definition) is 3. The maximum absolute atomic E-state index is 13.9. The zero-order valence-corrected chi connectivity index (χ0v) is 30.3. The van der Waals surface area contributed by atoms with Crippen molar-refractivity contribution in [2.75, 3.05) is 32.1 Å². The number of likely N-dealkylation sites (tertiary alicyclic amines) is 1. The van der Waals surface area contributed by atoms with Crippen LogP contribution >= 0.6 is 23.2 Å². The van der Waals surface area contributed by atoms with Crippen molar-refractivity contribution in [2.45, 2.75) is 37.3 Å². The summed E-state index contributed by atoms with van der Waals surface area (Å²) < 4.78 is 35.5. The zero-order valence-electron chi connectivity index (χ0n) is 28.8. The Morgan fingerprint density at radius 1 is 1.00 bits per heavy atom. The van der Waals surface area contributed by atoms with Gasteiger partial charge in [0.2, 0.25) is 5.88 Å². The first-order valence-corrected chi connectivity index (χ1v) is 17.6. The molecule has 2 aliphatic heterocycles. The molecule has 8 rings (SSSR count). The van der Waals surface area contributed by atoms with E-state index in [0.717, 1.165) is 52.6 Å². The van der Waals surface area contributed by atoms with E-state index in [4.69, 9.17) is 32.9 Å². The van der Waals surface area contributed by atoms with Crippen molar-refractivity contribution in [3.63, 3.8) is 0 Å². The van der Waals surface area contributed by atoms with Crippen molar-refractivity contribution in [1.29, 1.82) is 0 Å². The highest BCUT2D eigenvalue weighted by Crippen LogP contribution is 2.47. The van der Waals surface area contributed by atoms with Crippen molar-refractivity contribution < 1.29 is 18.3 Å². The fraction of sp³-hybridized carbons (Fsp3) is 0.333. The van der Waals surface area contributed by atoms with Crippen molar-refractivity contribution in [3.05, 3.63) is 90.3 Å². The van der Waals surface area contributed by atoms with Crippen LogP contribution < -0.4 is 31.9 Å². The van der Waals surface area contributed by atoms with Crippen LogP contribution in [0.3, 0.4) is 0 Å². The third-order valence-corrected chi connectivity index (χ3v) is 11.3. The summed E-state index contributed by atoms with van der Waals surface area (Å²) in [6.07, 6.45) is -0.510. The Bertz CT molecular complexity index is 2480. The highest BCUT2D eigenvalue weighted by molar-refractivity contribution is 6.39. The molecule has 2 unspecified atom stereocenters. The van der Waals surface area contributed by atoms with Gasteiger partial charge in [-0.15, -0.1) is 0 Å². The second kappa shape index (κ2) is 13.1. The van der Waals surface area contributed by atoms with Crippen LogP contribution in [-0.4, -0.2) is 67.3 Å². The van der Waals surface area contributed by atoms with Gasteiger partial charge in [-0.2, -0.15) is 0 Å². The van der Waals surface area contributed by atoms with E-state index in [9.17, 15) is 23.2 Å². The molecule has 2 amide bonds. The van der Waals surface area contributed by atoms with Gasteiger partial charge in [0.25, 0.3) is 12.0 Å².